The number of alkyl carbamates (subject to hydrolysis) is 2. The normalized spacial score (nSPS) is 25.3. The van der Waals surface area contributed by atoms with Crippen LogP contribution in [0.15, 0.2) is 47.7 Å². The number of hydrazone groups is 1. The number of hydrogen-bond acceptors (Lipinski definition) is 28. The molecule has 9 N–H and O–H groups in total. The zero-order valence-corrected chi connectivity index (χ0v) is 65.6. The molecule has 43 heteroatoms. The largest absolute Gasteiger partial charge is 0.472 e. The second-order valence-electron chi connectivity index (χ2n) is 29.9. The van der Waals surface area contributed by atoms with E-state index in [2.05, 4.69) is 108 Å². The topological polar surface area (TPSA) is 458 Å². The van der Waals surface area contributed by atoms with Crippen LogP contribution in [0.3, 0.4) is 0 Å². The number of aromatic amines is 1. The van der Waals surface area contributed by atoms with Crippen molar-refractivity contribution in [1.82, 2.24) is 96.7 Å². The molecule has 2 saturated heterocycles. The Kier molecular flexibility index (Phi) is 25.4. The Hall–Kier alpha value is -7.76. The van der Waals surface area contributed by atoms with Gasteiger partial charge < -0.3 is 50.0 Å². The van der Waals surface area contributed by atoms with Gasteiger partial charge >= 0.3 is 12.2 Å². The van der Waals surface area contributed by atoms with Crippen LogP contribution in [0, 0.1) is 27.4 Å². The predicted molar refractivity (Wildman–Crippen MR) is 390 cm³/mol. The van der Waals surface area contributed by atoms with Gasteiger partial charge in [0.15, 0.2) is 5.16 Å². The maximum absolute atomic E-state index is 14.5. The summed E-state index contributed by atoms with van der Waals surface area (Å²) in [5.41, 5.74) is 0.637. The van der Waals surface area contributed by atoms with E-state index >= 15 is 0 Å². The van der Waals surface area contributed by atoms with Crippen LogP contribution in [0.25, 0.3) is 0 Å². The maximum Gasteiger partial charge on any atom is 0.408 e. The lowest BCUT2D eigenvalue weighted by Crippen LogP contribution is -2.60. The average Bonchev–Trinajstić information content (AvgIpc) is 1.58. The number of likely N-dealkylation sites (tertiary alicyclic amines) is 2. The molecule has 0 aromatic carbocycles. The van der Waals surface area contributed by atoms with Gasteiger partial charge in [-0.05, 0) is 136 Å². The zero-order chi connectivity index (χ0) is 77.9. The minimum atomic E-state index is -3.91. The second-order valence-corrected chi connectivity index (χ2v) is 36.2. The third kappa shape index (κ3) is 20.6. The summed E-state index contributed by atoms with van der Waals surface area (Å²) in [6.07, 6.45) is 8.19. The Morgan fingerprint density at radius 3 is 1.42 bits per heavy atom. The van der Waals surface area contributed by atoms with Gasteiger partial charge in [0, 0.05) is 50.9 Å². The van der Waals surface area contributed by atoms with Crippen LogP contribution in [0.4, 0.5) is 9.59 Å². The highest BCUT2D eigenvalue weighted by molar-refractivity contribution is 8.13. The van der Waals surface area contributed by atoms with Crippen molar-refractivity contribution in [3.63, 3.8) is 0 Å². The smallest absolute Gasteiger partial charge is 0.408 e. The number of hydrogen-bond donors (Lipinski definition) is 9. The number of sulfonamides is 2. The van der Waals surface area contributed by atoms with E-state index < -0.39 is 148 Å². The molecule has 586 valence electrons. The Morgan fingerprint density at radius 2 is 1.07 bits per heavy atom. The van der Waals surface area contributed by atoms with Crippen molar-refractivity contribution in [2.45, 2.75) is 220 Å². The van der Waals surface area contributed by atoms with Gasteiger partial charge in [-0.3, -0.25) is 43.2 Å². The molecule has 6 heterocycles. The number of ether oxygens (including phenoxy) is 4. The Bertz CT molecular complexity index is 4220. The molecule has 3 aromatic heterocycles. The number of thioether (sulfide) groups is 1. The summed E-state index contributed by atoms with van der Waals surface area (Å²) in [6, 6.07) is -1.84. The van der Waals surface area contributed by atoms with Crippen molar-refractivity contribution in [1.29, 1.82) is 0 Å². The highest BCUT2D eigenvalue weighted by Gasteiger charge is 2.64. The summed E-state index contributed by atoms with van der Waals surface area (Å²) in [6.45, 7) is 17.9. The lowest BCUT2D eigenvalue weighted by molar-refractivity contribution is -0.143. The number of aryl methyl sites for hydroxylation is 1. The Balaban J connectivity index is 0.000000210. The lowest BCUT2D eigenvalue weighted by Gasteiger charge is -2.35. The minimum absolute atomic E-state index is 0.0224. The van der Waals surface area contributed by atoms with E-state index in [9.17, 15) is 55.2 Å². The lowest BCUT2D eigenvalue weighted by atomic mass is 9.85. The van der Waals surface area contributed by atoms with Crippen molar-refractivity contribution in [2.75, 3.05) is 20.1 Å². The molecular weight excluding hydrogens is 1540 g/mol. The maximum atomic E-state index is 14.5. The van der Waals surface area contributed by atoms with Crippen molar-refractivity contribution in [2.24, 2.45) is 34.8 Å². The van der Waals surface area contributed by atoms with Crippen molar-refractivity contribution in [3.05, 3.63) is 57.8 Å². The summed E-state index contributed by atoms with van der Waals surface area (Å²) < 4.78 is 80.2. The first-order valence-electron chi connectivity index (χ1n) is 34.9. The molecule has 107 heavy (non-hydrogen) atoms. The number of rotatable bonds is 23. The number of tetrazole rings is 1. The van der Waals surface area contributed by atoms with E-state index in [1.54, 1.807) is 65.3 Å². The molecule has 0 unspecified atom stereocenters. The monoisotopic (exact) mass is 1630 g/mol. The molecule has 3 aromatic rings. The molecule has 8 fully saturated rings. The third-order valence-corrected chi connectivity index (χ3v) is 24.9. The Labute approximate surface area is 642 Å². The van der Waals surface area contributed by atoms with E-state index in [1.807, 2.05) is 0 Å². The zero-order valence-electron chi connectivity index (χ0n) is 60.1. The molecule has 0 radical (unpaired) electrons. The van der Waals surface area contributed by atoms with Gasteiger partial charge in [0.2, 0.25) is 70.7 Å². The average molecular weight is 1630 g/mol. The fourth-order valence-corrected chi connectivity index (χ4v) is 17.1. The van der Waals surface area contributed by atoms with Crippen LogP contribution in [0.5, 0.6) is 11.8 Å². The van der Waals surface area contributed by atoms with Gasteiger partial charge in [-0.15, -0.1) is 23.8 Å². The molecule has 6 aliphatic carbocycles. The molecule has 0 bridgehead atoms. The molecule has 8 amide bonds. The van der Waals surface area contributed by atoms with E-state index in [4.69, 9.17) is 53.8 Å². The van der Waals surface area contributed by atoms with Crippen LogP contribution >= 0.6 is 58.8 Å². The third-order valence-electron chi connectivity index (χ3n) is 19.4. The predicted octanol–water partition coefficient (Wildman–Crippen LogP) is 4.31. The fourth-order valence-electron chi connectivity index (χ4n) is 13.0. The SMILES string of the molecule is C=C[C@@H]1C[C@]1(NC(=O)[C@@H]1C[C@@H](Oc2cc(Cl)nc(Cl)n2)CN1C(=O)[C@@H](NC(=O)OC1CCCC1)C(C)(C)C)C(=O)NS(=O)(=O)C1CC1.C=C[C@@H]1C[C@]1(NC(=O)[C@@H]1C[C@@H](Oc2cc(Cl)nc(SC3=NNNN3C)n2)CN1C(=O)[C@@H](NC(=O)OC1CCCC1)C(C)(C)C)C(=O)NS(=O)(=O)C1CC1.Cn1[nH]nnc1=S. The van der Waals surface area contributed by atoms with E-state index in [1.165, 1.54) is 34.1 Å². The molecule has 0 spiro atoms. The number of aromatic nitrogens is 8. The fraction of sp³-hybridized carbons (Fsp3) is 0.656. The van der Waals surface area contributed by atoms with Gasteiger partial charge in [0.1, 0.15) is 70.0 Å². The van der Waals surface area contributed by atoms with Crippen LogP contribution in [-0.4, -0.2) is 215 Å². The number of H-pyrrole nitrogens is 1. The molecular formula is C64H89Cl3N20O16S4. The standard InChI is InChI=1S/C32H45ClN10O8S2.C30H40Cl2N6O8S.C2H4N4S/c1-6-17-15-32(17,27(46)39-53(48,49)20-11-12-20)37-25(44)21-13-19(50-23-14-22(33)34-28(35-23)52-29-38-40-41-42(29)5)16-43(21)26(45)24(31(2,3)4)36-30(47)51-18-9-7-8-10-18;1-5-16-14-30(16,26(41)37-47(43,44)19-10-11-19)36-24(39)20-12-18(45-22-13-21(31)33-27(32)34-22)15-38(20)25(40)23(29(2,3)4)35-28(42)46-17-8-6-7-9-17;1-6-2(7)3-4-5-6/h6,14,17-21,24,40-41H,1,7-13,15-16H2,2-5H3,(H,36,47)(H,37,44)(H,39,46);5,13,16-20,23H,1,6-12,14-15H2,2-4H3,(H,35,42)(H,36,39)(H,37,41);1H3,(H,3,5,7)/t17-,19-,21+,24-,32-;16-,18-,20+,23-,30-;/m11./s1. The summed E-state index contributed by atoms with van der Waals surface area (Å²) >= 11 is 24.0. The second kappa shape index (κ2) is 33.2. The van der Waals surface area contributed by atoms with E-state index in [0.29, 0.717) is 35.6 Å². The van der Waals surface area contributed by atoms with Crippen LogP contribution in [0.2, 0.25) is 15.6 Å². The number of halogens is 3. The highest BCUT2D eigenvalue weighted by atomic mass is 35.5. The molecule has 12 rings (SSSR count). The number of nitrogens with one attached hydrogen (secondary N) is 9. The van der Waals surface area contributed by atoms with Gasteiger partial charge in [-0.2, -0.15) is 15.2 Å². The summed E-state index contributed by atoms with van der Waals surface area (Å²) in [4.78, 5) is 129. The van der Waals surface area contributed by atoms with Crippen molar-refractivity contribution in [3.8, 4) is 11.8 Å². The first kappa shape index (κ1) is 81.8. The molecule has 9 aliphatic rings. The van der Waals surface area contributed by atoms with Gasteiger partial charge in [-0.25, -0.2) is 46.6 Å². The molecule has 3 aliphatic heterocycles. The van der Waals surface area contributed by atoms with E-state index in [0.717, 1.165) is 63.1 Å². The van der Waals surface area contributed by atoms with Crippen molar-refractivity contribution < 1.29 is 74.1 Å². The van der Waals surface area contributed by atoms with Gasteiger partial charge in [0.05, 0.1) is 23.6 Å². The van der Waals surface area contributed by atoms with Crippen LogP contribution in [-0.2, 0) is 65.3 Å². The van der Waals surface area contributed by atoms with Crippen LogP contribution < -0.4 is 51.3 Å². The summed E-state index contributed by atoms with van der Waals surface area (Å²) in [5, 5.41) is 25.4. The quantitative estimate of drug-likeness (QED) is 0.0276. The molecule has 6 saturated carbocycles. The Morgan fingerprint density at radius 1 is 0.645 bits per heavy atom. The van der Waals surface area contributed by atoms with Gasteiger partial charge in [0.25, 0.3) is 11.8 Å². The van der Waals surface area contributed by atoms with Gasteiger partial charge in [-0.1, -0.05) is 87.2 Å². The first-order valence-corrected chi connectivity index (χ1v) is 40.4. The summed E-state index contributed by atoms with van der Waals surface area (Å²) in [7, 11) is -4.32. The minimum Gasteiger partial charge on any atom is -0.472 e. The first-order chi connectivity index (χ1) is 50.3. The van der Waals surface area contributed by atoms with Crippen molar-refractivity contribution >= 4 is 132 Å². The molecule has 36 nitrogen and oxygen atoms in total. The number of amidine groups is 1. The molecule has 10 atom stereocenters. The van der Waals surface area contributed by atoms with E-state index in [-0.39, 0.29) is 83.5 Å². The number of hydrazine groups is 2. The number of nitrogens with zero attached hydrogens (tertiary/aromatic N) is 11. The highest BCUT2D eigenvalue weighted by Crippen LogP contribution is 2.47. The van der Waals surface area contributed by atoms with Crippen LogP contribution in [0.1, 0.15) is 144 Å². The number of carbonyl (C=O) groups excluding carboxylic acids is 8. The summed E-state index contributed by atoms with van der Waals surface area (Å²) in [5.74, 6) is -5.24. The number of carbonyl (C=O) groups is 8. The number of amides is 8.